The first-order chi connectivity index (χ1) is 10.7. The van der Waals surface area contributed by atoms with Crippen molar-refractivity contribution < 1.29 is 0 Å². The Morgan fingerprint density at radius 3 is 2.86 bits per heavy atom. The minimum absolute atomic E-state index is 0.189. The first-order valence-electron chi connectivity index (χ1n) is 7.29. The molecule has 1 atom stereocenters. The molecule has 0 aliphatic carbocycles. The maximum atomic E-state index is 5.99. The van der Waals surface area contributed by atoms with Gasteiger partial charge in [0.1, 0.15) is 5.82 Å². The van der Waals surface area contributed by atoms with E-state index >= 15 is 0 Å². The Bertz CT molecular complexity index is 793. The maximum Gasteiger partial charge on any atom is 0.161 e. The highest BCUT2D eigenvalue weighted by atomic mass is 15.2. The van der Waals surface area contributed by atoms with Gasteiger partial charge in [-0.15, -0.1) is 0 Å². The van der Waals surface area contributed by atoms with E-state index in [4.69, 9.17) is 11.5 Å². The van der Waals surface area contributed by atoms with Crippen LogP contribution in [0.1, 0.15) is 6.42 Å². The second-order valence-corrected chi connectivity index (χ2v) is 5.56. The van der Waals surface area contributed by atoms with Crippen LogP contribution < -0.4 is 16.4 Å². The van der Waals surface area contributed by atoms with Crippen LogP contribution in [0.2, 0.25) is 0 Å². The van der Waals surface area contributed by atoms with Crippen LogP contribution in [-0.4, -0.2) is 39.1 Å². The van der Waals surface area contributed by atoms with Gasteiger partial charge in [0.05, 0.1) is 17.2 Å². The molecule has 0 radical (unpaired) electrons. The smallest absolute Gasteiger partial charge is 0.161 e. The fourth-order valence-corrected chi connectivity index (χ4v) is 2.78. The van der Waals surface area contributed by atoms with Crippen molar-refractivity contribution in [3.05, 3.63) is 30.5 Å². The topological polar surface area (TPSA) is 110 Å². The van der Waals surface area contributed by atoms with Crippen molar-refractivity contribution in [3.63, 3.8) is 0 Å². The zero-order valence-electron chi connectivity index (χ0n) is 12.0. The van der Waals surface area contributed by atoms with E-state index in [0.717, 1.165) is 36.4 Å². The van der Waals surface area contributed by atoms with Gasteiger partial charge in [0.25, 0.3) is 0 Å². The first kappa shape index (κ1) is 13.0. The zero-order valence-corrected chi connectivity index (χ0v) is 12.0. The molecule has 7 nitrogen and oxygen atoms in total. The highest BCUT2D eigenvalue weighted by molar-refractivity contribution is 5.80. The van der Waals surface area contributed by atoms with Gasteiger partial charge in [-0.2, -0.15) is 0 Å². The number of anilines is 2. The number of nitrogens with zero attached hydrogens (tertiary/aromatic N) is 4. The Balaban J connectivity index is 1.77. The van der Waals surface area contributed by atoms with Gasteiger partial charge in [0.15, 0.2) is 17.3 Å². The maximum absolute atomic E-state index is 5.99. The molecule has 3 aromatic rings. The lowest BCUT2D eigenvalue weighted by Gasteiger charge is -2.17. The molecular weight excluding hydrogens is 278 g/mol. The Hall–Kier alpha value is -2.67. The van der Waals surface area contributed by atoms with E-state index in [9.17, 15) is 0 Å². The Labute approximate surface area is 127 Å². The lowest BCUT2D eigenvalue weighted by atomic mass is 10.3. The van der Waals surface area contributed by atoms with Crippen molar-refractivity contribution >= 4 is 22.7 Å². The van der Waals surface area contributed by atoms with Crippen LogP contribution in [0.3, 0.4) is 0 Å². The number of nitrogens with two attached hydrogens (primary N) is 2. The van der Waals surface area contributed by atoms with E-state index in [1.54, 1.807) is 6.20 Å². The Kier molecular flexibility index (Phi) is 2.93. The normalized spacial score (nSPS) is 18.2. The van der Waals surface area contributed by atoms with Gasteiger partial charge in [0, 0.05) is 19.1 Å². The number of nitrogens with one attached hydrogen (secondary N) is 1. The van der Waals surface area contributed by atoms with E-state index in [1.807, 2.05) is 24.3 Å². The van der Waals surface area contributed by atoms with Gasteiger partial charge in [-0.3, -0.25) is 0 Å². The Morgan fingerprint density at radius 1 is 1.23 bits per heavy atom. The number of hydrogen-bond acceptors (Lipinski definition) is 6. The summed E-state index contributed by atoms with van der Waals surface area (Å²) in [6.45, 7) is 1.68. The highest BCUT2D eigenvalue weighted by Gasteiger charge is 2.22. The van der Waals surface area contributed by atoms with Crippen LogP contribution in [0.15, 0.2) is 30.5 Å². The third-order valence-electron chi connectivity index (χ3n) is 3.95. The molecule has 1 fully saturated rings. The van der Waals surface area contributed by atoms with E-state index < -0.39 is 0 Å². The molecule has 1 aliphatic rings. The summed E-state index contributed by atoms with van der Waals surface area (Å²) in [6.07, 6.45) is 2.66. The number of benzene rings is 1. The minimum atomic E-state index is 0.189. The molecule has 2 aromatic heterocycles. The van der Waals surface area contributed by atoms with Crippen LogP contribution in [-0.2, 0) is 0 Å². The van der Waals surface area contributed by atoms with Crippen molar-refractivity contribution in [1.82, 2.24) is 19.9 Å². The predicted octanol–water partition coefficient (Wildman–Crippen LogP) is 1.14. The number of nitrogen functional groups attached to an aromatic ring is 1. The van der Waals surface area contributed by atoms with E-state index in [-0.39, 0.29) is 6.04 Å². The second kappa shape index (κ2) is 4.96. The standard InChI is InChI=1S/C15H17N7/c16-9-5-6-22(8-9)12-7-18-14(17)13(21-12)15-19-10-3-1-2-4-11(10)20-15/h1-4,7,9H,5-6,8,16H2,(H2,17,18)(H,19,20)/t9-/m0/s1. The summed E-state index contributed by atoms with van der Waals surface area (Å²) in [7, 11) is 0. The number of para-hydroxylation sites is 2. The van der Waals surface area contributed by atoms with Gasteiger partial charge in [-0.05, 0) is 18.6 Å². The third-order valence-corrected chi connectivity index (χ3v) is 3.95. The molecule has 5 N–H and O–H groups in total. The van der Waals surface area contributed by atoms with Crippen molar-refractivity contribution in [2.24, 2.45) is 5.73 Å². The average molecular weight is 295 g/mol. The first-order valence-corrected chi connectivity index (χ1v) is 7.29. The van der Waals surface area contributed by atoms with Crippen LogP contribution in [0, 0.1) is 0 Å². The average Bonchev–Trinajstić information content (AvgIpc) is 3.13. The highest BCUT2D eigenvalue weighted by Crippen LogP contribution is 2.26. The summed E-state index contributed by atoms with van der Waals surface area (Å²) < 4.78 is 0. The molecule has 0 spiro atoms. The van der Waals surface area contributed by atoms with Crippen LogP contribution >= 0.6 is 0 Å². The van der Waals surface area contributed by atoms with E-state index in [2.05, 4.69) is 24.8 Å². The molecule has 1 aromatic carbocycles. The van der Waals surface area contributed by atoms with Gasteiger partial charge in [0.2, 0.25) is 0 Å². The molecule has 3 heterocycles. The van der Waals surface area contributed by atoms with Crippen molar-refractivity contribution in [2.75, 3.05) is 23.7 Å². The zero-order chi connectivity index (χ0) is 15.1. The van der Waals surface area contributed by atoms with E-state index in [0.29, 0.717) is 17.3 Å². The molecule has 0 bridgehead atoms. The summed E-state index contributed by atoms with van der Waals surface area (Å²) in [5.41, 5.74) is 14.4. The largest absolute Gasteiger partial charge is 0.382 e. The van der Waals surface area contributed by atoms with E-state index in [1.165, 1.54) is 0 Å². The molecule has 0 unspecified atom stereocenters. The number of hydrogen-bond donors (Lipinski definition) is 3. The van der Waals surface area contributed by atoms with Gasteiger partial charge >= 0.3 is 0 Å². The van der Waals surface area contributed by atoms with Crippen LogP contribution in [0.4, 0.5) is 11.6 Å². The molecule has 0 amide bonds. The van der Waals surface area contributed by atoms with Crippen molar-refractivity contribution in [2.45, 2.75) is 12.5 Å². The molecule has 22 heavy (non-hydrogen) atoms. The number of H-pyrrole nitrogens is 1. The Morgan fingerprint density at radius 2 is 2.09 bits per heavy atom. The molecule has 1 aliphatic heterocycles. The van der Waals surface area contributed by atoms with Gasteiger partial charge < -0.3 is 21.4 Å². The van der Waals surface area contributed by atoms with Gasteiger partial charge in [-0.25, -0.2) is 15.0 Å². The molecule has 7 heteroatoms. The number of fused-ring (bicyclic) bond motifs is 1. The molecule has 0 saturated carbocycles. The fourth-order valence-electron chi connectivity index (χ4n) is 2.78. The number of rotatable bonds is 2. The number of imidazole rings is 1. The van der Waals surface area contributed by atoms with Gasteiger partial charge in [-0.1, -0.05) is 12.1 Å². The molecule has 4 rings (SSSR count). The second-order valence-electron chi connectivity index (χ2n) is 5.56. The third kappa shape index (κ3) is 2.15. The summed E-state index contributed by atoms with van der Waals surface area (Å²) in [4.78, 5) is 18.8. The molecule has 1 saturated heterocycles. The summed E-state index contributed by atoms with van der Waals surface area (Å²) in [5.74, 6) is 1.79. The predicted molar refractivity (Wildman–Crippen MR) is 86.3 cm³/mol. The van der Waals surface area contributed by atoms with Crippen molar-refractivity contribution in [1.29, 1.82) is 0 Å². The molecular formula is C15H17N7. The quantitative estimate of drug-likeness (QED) is 0.654. The monoisotopic (exact) mass is 295 g/mol. The minimum Gasteiger partial charge on any atom is -0.382 e. The van der Waals surface area contributed by atoms with Crippen molar-refractivity contribution in [3.8, 4) is 11.5 Å². The SMILES string of the molecule is Nc1ncc(N2CC[C@H](N)C2)nc1-c1nc2ccccc2[nH]1. The number of aromatic amines is 1. The lowest BCUT2D eigenvalue weighted by Crippen LogP contribution is -2.27. The summed E-state index contributed by atoms with van der Waals surface area (Å²) in [5, 5.41) is 0. The summed E-state index contributed by atoms with van der Waals surface area (Å²) in [6, 6.07) is 8.01. The fraction of sp³-hybridized carbons (Fsp3) is 0.267. The lowest BCUT2D eigenvalue weighted by molar-refractivity contribution is 0.751. The van der Waals surface area contributed by atoms with Crippen LogP contribution in [0.5, 0.6) is 0 Å². The summed E-state index contributed by atoms with van der Waals surface area (Å²) >= 11 is 0. The molecule has 112 valence electrons. The van der Waals surface area contributed by atoms with Crippen LogP contribution in [0.25, 0.3) is 22.6 Å². The number of aromatic nitrogens is 4.